The molecule has 1 aliphatic heterocycles. The Kier molecular flexibility index (Phi) is 3.17. The number of Topliss-reactive ketones (excluding diaryl/α,β-unsaturated/α-hetero) is 1. The number of hydrogen-bond donors (Lipinski definition) is 0. The summed E-state index contributed by atoms with van der Waals surface area (Å²) in [5, 5.41) is 0.467. The van der Waals surface area contributed by atoms with Crippen LogP contribution >= 0.6 is 11.6 Å². The lowest BCUT2D eigenvalue weighted by Crippen LogP contribution is -2.30. The predicted molar refractivity (Wildman–Crippen MR) is 76.7 cm³/mol. The van der Waals surface area contributed by atoms with Gasteiger partial charge in [-0.05, 0) is 12.1 Å². The van der Waals surface area contributed by atoms with Crippen molar-refractivity contribution in [2.45, 2.75) is 6.54 Å². The molecule has 108 valence electrons. The molecule has 1 aromatic heterocycles. The first-order valence-corrected chi connectivity index (χ1v) is 6.61. The Hall–Kier alpha value is -2.34. The number of amides is 1. The van der Waals surface area contributed by atoms with E-state index in [1.54, 1.807) is 29.8 Å². The molecule has 0 radical (unpaired) electrons. The Bertz CT molecular complexity index is 754. The van der Waals surface area contributed by atoms with Gasteiger partial charge < -0.3 is 9.30 Å². The molecule has 2 aromatic rings. The number of methoxy groups -OCH3 is 1. The van der Waals surface area contributed by atoms with E-state index in [-0.39, 0.29) is 6.54 Å². The second-order valence-corrected chi connectivity index (χ2v) is 5.05. The van der Waals surface area contributed by atoms with E-state index in [2.05, 4.69) is 4.98 Å². The maximum atomic E-state index is 12.1. The molecule has 0 bridgehead atoms. The Balaban J connectivity index is 2.02. The summed E-state index contributed by atoms with van der Waals surface area (Å²) in [6, 6.07) is 4.92. The zero-order valence-electron chi connectivity index (χ0n) is 11.5. The third kappa shape index (κ3) is 2.08. The summed E-state index contributed by atoms with van der Waals surface area (Å²) < 4.78 is 6.81. The Morgan fingerprint density at radius 2 is 2.10 bits per heavy atom. The highest BCUT2D eigenvalue weighted by molar-refractivity contribution is 6.52. The average molecular weight is 306 g/mol. The molecular weight excluding hydrogens is 294 g/mol. The van der Waals surface area contributed by atoms with Crippen LogP contribution in [0.2, 0.25) is 5.15 Å². The lowest BCUT2D eigenvalue weighted by atomic mass is 10.1. The molecule has 1 amide bonds. The van der Waals surface area contributed by atoms with E-state index in [9.17, 15) is 9.59 Å². The standard InChI is InChI=1S/C14H12ClN3O3/c1-17-11(15)6-16-12(17)7-18-10-5-8(21-2)3-4-9(10)13(19)14(18)20/h3-6H,7H2,1-2H3. The molecule has 0 atom stereocenters. The van der Waals surface area contributed by atoms with Gasteiger partial charge in [-0.25, -0.2) is 4.98 Å². The largest absolute Gasteiger partial charge is 0.497 e. The van der Waals surface area contributed by atoms with Gasteiger partial charge in [-0.3, -0.25) is 14.5 Å². The van der Waals surface area contributed by atoms with E-state index in [0.29, 0.717) is 28.0 Å². The quantitative estimate of drug-likeness (QED) is 0.811. The number of benzene rings is 1. The van der Waals surface area contributed by atoms with Crippen LogP contribution in [0.4, 0.5) is 5.69 Å². The minimum absolute atomic E-state index is 0.175. The van der Waals surface area contributed by atoms with Gasteiger partial charge in [-0.1, -0.05) is 11.6 Å². The number of ketones is 1. The molecule has 2 heterocycles. The average Bonchev–Trinajstić information content (AvgIpc) is 2.93. The molecule has 0 aliphatic carbocycles. The highest BCUT2D eigenvalue weighted by Gasteiger charge is 2.36. The maximum Gasteiger partial charge on any atom is 0.299 e. The highest BCUT2D eigenvalue weighted by Crippen LogP contribution is 2.33. The van der Waals surface area contributed by atoms with Gasteiger partial charge in [0, 0.05) is 13.1 Å². The van der Waals surface area contributed by atoms with Crippen LogP contribution in [-0.2, 0) is 18.4 Å². The predicted octanol–water partition coefficient (Wildman–Crippen LogP) is 1.81. The molecule has 0 N–H and O–H groups in total. The number of nitrogens with zero attached hydrogens (tertiary/aromatic N) is 3. The second kappa shape index (κ2) is 4.89. The van der Waals surface area contributed by atoms with E-state index in [1.807, 2.05) is 0 Å². The van der Waals surface area contributed by atoms with E-state index in [4.69, 9.17) is 16.3 Å². The van der Waals surface area contributed by atoms with E-state index >= 15 is 0 Å². The smallest absolute Gasteiger partial charge is 0.299 e. The minimum atomic E-state index is -0.572. The molecule has 1 aromatic carbocycles. The number of ether oxygens (including phenoxy) is 1. The Morgan fingerprint density at radius 1 is 1.33 bits per heavy atom. The summed E-state index contributed by atoms with van der Waals surface area (Å²) in [6.45, 7) is 0.175. The number of carbonyl (C=O) groups is 2. The molecular formula is C14H12ClN3O3. The number of carbonyl (C=O) groups excluding carboxylic acids is 2. The molecule has 0 unspecified atom stereocenters. The summed E-state index contributed by atoms with van der Waals surface area (Å²) in [4.78, 5) is 29.7. The van der Waals surface area contributed by atoms with E-state index in [0.717, 1.165) is 0 Å². The van der Waals surface area contributed by atoms with Crippen molar-refractivity contribution in [3.63, 3.8) is 0 Å². The number of fused-ring (bicyclic) bond motifs is 1. The Labute approximate surface area is 125 Å². The van der Waals surface area contributed by atoms with Crippen molar-refractivity contribution in [3.05, 3.63) is 40.9 Å². The van der Waals surface area contributed by atoms with Crippen LogP contribution in [-0.4, -0.2) is 28.4 Å². The molecule has 1 aliphatic rings. The van der Waals surface area contributed by atoms with Crippen molar-refractivity contribution in [3.8, 4) is 5.75 Å². The normalized spacial score (nSPS) is 13.8. The van der Waals surface area contributed by atoms with Crippen molar-refractivity contribution < 1.29 is 14.3 Å². The minimum Gasteiger partial charge on any atom is -0.497 e. The molecule has 0 spiro atoms. The fourth-order valence-electron chi connectivity index (χ4n) is 2.27. The Morgan fingerprint density at radius 3 is 2.71 bits per heavy atom. The summed E-state index contributed by atoms with van der Waals surface area (Å²) in [7, 11) is 3.28. The SMILES string of the molecule is COc1ccc2c(c1)N(Cc1ncc(Cl)n1C)C(=O)C2=O. The van der Waals surface area contributed by atoms with E-state index in [1.165, 1.54) is 18.2 Å². The molecule has 0 saturated heterocycles. The zero-order chi connectivity index (χ0) is 15.1. The molecule has 6 nitrogen and oxygen atoms in total. The monoisotopic (exact) mass is 305 g/mol. The lowest BCUT2D eigenvalue weighted by Gasteiger charge is -2.16. The third-order valence-electron chi connectivity index (χ3n) is 3.51. The van der Waals surface area contributed by atoms with Gasteiger partial charge in [0.05, 0.1) is 31.1 Å². The summed E-state index contributed by atoms with van der Waals surface area (Å²) in [6.07, 6.45) is 1.51. The van der Waals surface area contributed by atoms with Crippen LogP contribution < -0.4 is 9.64 Å². The van der Waals surface area contributed by atoms with Gasteiger partial charge >= 0.3 is 0 Å². The van der Waals surface area contributed by atoms with Crippen molar-refractivity contribution in [2.24, 2.45) is 7.05 Å². The number of hydrogen-bond acceptors (Lipinski definition) is 4. The van der Waals surface area contributed by atoms with Crippen molar-refractivity contribution >= 4 is 29.0 Å². The number of imidazole rings is 1. The van der Waals surface area contributed by atoms with Crippen LogP contribution in [0.1, 0.15) is 16.2 Å². The van der Waals surface area contributed by atoms with Crippen molar-refractivity contribution in [1.82, 2.24) is 9.55 Å². The number of aromatic nitrogens is 2. The zero-order valence-corrected chi connectivity index (χ0v) is 12.2. The van der Waals surface area contributed by atoms with Gasteiger partial charge in [-0.15, -0.1) is 0 Å². The van der Waals surface area contributed by atoms with Gasteiger partial charge in [0.1, 0.15) is 16.7 Å². The first kappa shape index (κ1) is 13.6. The van der Waals surface area contributed by atoms with Gasteiger partial charge in [0.15, 0.2) is 0 Å². The van der Waals surface area contributed by atoms with Crippen LogP contribution in [0.5, 0.6) is 5.75 Å². The number of halogens is 1. The summed E-state index contributed by atoms with van der Waals surface area (Å²) >= 11 is 5.94. The molecule has 0 saturated carbocycles. The summed E-state index contributed by atoms with van der Waals surface area (Å²) in [5.41, 5.74) is 0.907. The van der Waals surface area contributed by atoms with Crippen LogP contribution in [0.15, 0.2) is 24.4 Å². The van der Waals surface area contributed by atoms with Crippen LogP contribution in [0.25, 0.3) is 0 Å². The summed E-state index contributed by atoms with van der Waals surface area (Å²) in [5.74, 6) is 0.0845. The van der Waals surface area contributed by atoms with Crippen LogP contribution in [0, 0.1) is 0 Å². The van der Waals surface area contributed by atoms with E-state index < -0.39 is 11.7 Å². The first-order valence-electron chi connectivity index (χ1n) is 6.23. The fraction of sp³-hybridized carbons (Fsp3) is 0.214. The number of anilines is 1. The third-order valence-corrected chi connectivity index (χ3v) is 3.86. The molecule has 3 rings (SSSR count). The fourth-order valence-corrected chi connectivity index (χ4v) is 2.42. The topological polar surface area (TPSA) is 64.4 Å². The second-order valence-electron chi connectivity index (χ2n) is 4.66. The van der Waals surface area contributed by atoms with Gasteiger partial charge in [0.25, 0.3) is 11.7 Å². The molecule has 21 heavy (non-hydrogen) atoms. The van der Waals surface area contributed by atoms with Gasteiger partial charge in [0.2, 0.25) is 0 Å². The molecule has 7 heteroatoms. The molecule has 0 fully saturated rings. The first-order chi connectivity index (χ1) is 10.0. The highest BCUT2D eigenvalue weighted by atomic mass is 35.5. The lowest BCUT2D eigenvalue weighted by molar-refractivity contribution is -0.114. The maximum absolute atomic E-state index is 12.1. The van der Waals surface area contributed by atoms with Crippen molar-refractivity contribution in [1.29, 1.82) is 0 Å². The number of rotatable bonds is 3. The van der Waals surface area contributed by atoms with Crippen LogP contribution in [0.3, 0.4) is 0 Å². The van der Waals surface area contributed by atoms with Gasteiger partial charge in [-0.2, -0.15) is 0 Å². The van der Waals surface area contributed by atoms with Crippen molar-refractivity contribution in [2.75, 3.05) is 12.0 Å².